The van der Waals surface area contributed by atoms with Gasteiger partial charge in [0, 0.05) is 0 Å². The van der Waals surface area contributed by atoms with Gasteiger partial charge in [0.05, 0.1) is 11.1 Å². The molecule has 1 aliphatic carbocycles. The van der Waals surface area contributed by atoms with Crippen LogP contribution in [0.15, 0.2) is 60.7 Å². The lowest BCUT2D eigenvalue weighted by Crippen LogP contribution is -1.93. The van der Waals surface area contributed by atoms with Crippen molar-refractivity contribution >= 4 is 11.9 Å². The second kappa shape index (κ2) is 12.7. The maximum absolute atomic E-state index is 10.2. The third kappa shape index (κ3) is 9.62. The van der Waals surface area contributed by atoms with Gasteiger partial charge in [-0.2, -0.15) is 0 Å². The van der Waals surface area contributed by atoms with E-state index in [9.17, 15) is 9.59 Å². The average molecular weight is 356 g/mol. The monoisotopic (exact) mass is 356 g/mol. The van der Waals surface area contributed by atoms with Crippen LogP contribution in [0.3, 0.4) is 0 Å². The van der Waals surface area contributed by atoms with E-state index < -0.39 is 11.9 Å². The molecule has 140 valence electrons. The number of hydrogen-bond donors (Lipinski definition) is 2. The smallest absolute Gasteiger partial charge is 0.335 e. The van der Waals surface area contributed by atoms with Crippen LogP contribution in [0.1, 0.15) is 66.2 Å². The van der Waals surface area contributed by atoms with Gasteiger partial charge in [-0.3, -0.25) is 0 Å². The molecule has 0 radical (unpaired) electrons. The zero-order chi connectivity index (χ0) is 19.2. The predicted molar refractivity (Wildman–Crippen MR) is 104 cm³/mol. The van der Waals surface area contributed by atoms with E-state index in [0.29, 0.717) is 11.1 Å². The highest BCUT2D eigenvalue weighted by atomic mass is 16.4. The summed E-state index contributed by atoms with van der Waals surface area (Å²) in [4.78, 5) is 20.4. The molecule has 2 aromatic carbocycles. The highest BCUT2D eigenvalue weighted by molar-refractivity contribution is 5.87. The van der Waals surface area contributed by atoms with Gasteiger partial charge in [-0.25, -0.2) is 9.59 Å². The van der Waals surface area contributed by atoms with Gasteiger partial charge in [0.15, 0.2) is 0 Å². The van der Waals surface area contributed by atoms with Gasteiger partial charge in [0.1, 0.15) is 0 Å². The van der Waals surface area contributed by atoms with Crippen LogP contribution in [0.5, 0.6) is 0 Å². The van der Waals surface area contributed by atoms with Crippen LogP contribution in [-0.4, -0.2) is 22.2 Å². The molecule has 0 aliphatic heterocycles. The lowest BCUT2D eigenvalue weighted by Gasteiger charge is -2.02. The van der Waals surface area contributed by atoms with Crippen molar-refractivity contribution in [3.8, 4) is 0 Å². The minimum absolute atomic E-state index is 0.331. The number of hydrogen-bond acceptors (Lipinski definition) is 2. The molecule has 0 atom stereocenters. The van der Waals surface area contributed by atoms with Crippen molar-refractivity contribution in [2.75, 3.05) is 0 Å². The Bertz CT molecular complexity index is 580. The fourth-order valence-electron chi connectivity index (χ4n) is 2.64. The molecule has 26 heavy (non-hydrogen) atoms. The Morgan fingerprint density at radius 2 is 1.04 bits per heavy atom. The maximum atomic E-state index is 10.2. The summed E-state index contributed by atoms with van der Waals surface area (Å²) in [6, 6.07) is 16.6. The zero-order valence-electron chi connectivity index (χ0n) is 15.3. The third-order valence-corrected chi connectivity index (χ3v) is 4.19. The Hall–Kier alpha value is -2.62. The van der Waals surface area contributed by atoms with Gasteiger partial charge in [0.25, 0.3) is 0 Å². The van der Waals surface area contributed by atoms with Gasteiger partial charge in [-0.15, -0.1) is 0 Å². The summed E-state index contributed by atoms with van der Waals surface area (Å²) in [5, 5.41) is 16.8. The summed E-state index contributed by atoms with van der Waals surface area (Å²) in [5.74, 6) is -0.733. The number of carbonyl (C=O) groups is 2. The van der Waals surface area contributed by atoms with E-state index in [4.69, 9.17) is 10.2 Å². The van der Waals surface area contributed by atoms with E-state index in [1.54, 1.807) is 60.7 Å². The van der Waals surface area contributed by atoms with E-state index in [1.807, 2.05) is 0 Å². The molecule has 4 heteroatoms. The highest BCUT2D eigenvalue weighted by Gasteiger charge is 2.05. The lowest BCUT2D eigenvalue weighted by atomic mass is 10.0. The Kier molecular flexibility index (Phi) is 10.5. The second-order valence-corrected chi connectivity index (χ2v) is 6.44. The van der Waals surface area contributed by atoms with Crippen LogP contribution in [0.2, 0.25) is 0 Å². The Morgan fingerprint density at radius 1 is 0.692 bits per heavy atom. The number of carboxylic acid groups (broad SMARTS) is 2. The molecular formula is C22H28O4. The molecule has 2 aromatic rings. The molecule has 0 aromatic heterocycles. The summed E-state index contributed by atoms with van der Waals surface area (Å²) < 4.78 is 0. The third-order valence-electron chi connectivity index (χ3n) is 4.19. The van der Waals surface area contributed by atoms with E-state index >= 15 is 0 Å². The van der Waals surface area contributed by atoms with Crippen LogP contribution >= 0.6 is 0 Å². The van der Waals surface area contributed by atoms with Crippen molar-refractivity contribution in [3.05, 3.63) is 71.8 Å². The van der Waals surface area contributed by atoms with Gasteiger partial charge < -0.3 is 10.2 Å². The van der Waals surface area contributed by atoms with Crippen molar-refractivity contribution in [1.82, 2.24) is 0 Å². The Balaban J connectivity index is 0.000000195. The largest absolute Gasteiger partial charge is 0.478 e. The van der Waals surface area contributed by atoms with Crippen LogP contribution in [0.25, 0.3) is 0 Å². The van der Waals surface area contributed by atoms with Crippen LogP contribution < -0.4 is 0 Å². The predicted octanol–water partition coefficient (Wildman–Crippen LogP) is 5.75. The number of carboxylic acids is 2. The quantitative estimate of drug-likeness (QED) is 0.672. The Morgan fingerprint density at radius 3 is 1.31 bits per heavy atom. The molecule has 3 rings (SSSR count). The molecular weight excluding hydrogens is 328 g/mol. The minimum Gasteiger partial charge on any atom is -0.478 e. The molecule has 0 amide bonds. The van der Waals surface area contributed by atoms with Crippen LogP contribution in [0.4, 0.5) is 0 Å². The minimum atomic E-state index is -0.879. The number of aromatic carboxylic acids is 2. The summed E-state index contributed by atoms with van der Waals surface area (Å²) in [6.45, 7) is 2.38. The van der Waals surface area contributed by atoms with Crippen molar-refractivity contribution < 1.29 is 19.8 Å². The van der Waals surface area contributed by atoms with E-state index in [1.165, 1.54) is 38.5 Å². The SMILES string of the molecule is CC1CCCCCC1.O=C(O)c1ccccc1.O=C(O)c1ccccc1. The highest BCUT2D eigenvalue weighted by Crippen LogP contribution is 2.21. The first-order valence-electron chi connectivity index (χ1n) is 9.07. The summed E-state index contributed by atoms with van der Waals surface area (Å²) in [7, 11) is 0. The van der Waals surface area contributed by atoms with Crippen molar-refractivity contribution in [2.45, 2.75) is 45.4 Å². The standard InChI is InChI=1S/C8H16.2C7H6O2/c1-8-6-4-2-3-5-7-8;2*8-7(9)6-4-2-1-3-5-6/h8H,2-7H2,1H3;2*1-5H,(H,8,9). The first-order valence-corrected chi connectivity index (χ1v) is 9.07. The van der Waals surface area contributed by atoms with Crippen LogP contribution in [0, 0.1) is 5.92 Å². The van der Waals surface area contributed by atoms with Crippen molar-refractivity contribution in [2.24, 2.45) is 5.92 Å². The first kappa shape index (κ1) is 21.4. The topological polar surface area (TPSA) is 74.6 Å². The first-order chi connectivity index (χ1) is 12.5. The molecule has 1 saturated carbocycles. The summed E-state index contributed by atoms with van der Waals surface area (Å²) in [5.41, 5.74) is 0.662. The second-order valence-electron chi connectivity index (χ2n) is 6.44. The normalized spacial score (nSPS) is 13.9. The molecule has 0 saturated heterocycles. The Labute approximate surface area is 155 Å². The van der Waals surface area contributed by atoms with E-state index in [0.717, 1.165) is 5.92 Å². The summed E-state index contributed by atoms with van der Waals surface area (Å²) in [6.07, 6.45) is 8.93. The number of rotatable bonds is 2. The van der Waals surface area contributed by atoms with E-state index in [2.05, 4.69) is 6.92 Å². The van der Waals surface area contributed by atoms with Crippen molar-refractivity contribution in [3.63, 3.8) is 0 Å². The maximum Gasteiger partial charge on any atom is 0.335 e. The molecule has 0 bridgehead atoms. The number of benzene rings is 2. The van der Waals surface area contributed by atoms with Crippen LogP contribution in [-0.2, 0) is 0 Å². The van der Waals surface area contributed by atoms with Gasteiger partial charge in [-0.05, 0) is 30.2 Å². The molecule has 4 nitrogen and oxygen atoms in total. The summed E-state index contributed by atoms with van der Waals surface area (Å²) >= 11 is 0. The van der Waals surface area contributed by atoms with Gasteiger partial charge in [-0.1, -0.05) is 81.8 Å². The molecule has 2 N–H and O–H groups in total. The lowest BCUT2D eigenvalue weighted by molar-refractivity contribution is 0.0686. The van der Waals surface area contributed by atoms with Gasteiger partial charge in [0.2, 0.25) is 0 Å². The average Bonchev–Trinajstić information content (AvgIpc) is 2.92. The zero-order valence-corrected chi connectivity index (χ0v) is 15.3. The molecule has 1 fully saturated rings. The van der Waals surface area contributed by atoms with E-state index in [-0.39, 0.29) is 0 Å². The molecule has 0 spiro atoms. The fraction of sp³-hybridized carbons (Fsp3) is 0.364. The van der Waals surface area contributed by atoms with Crippen molar-refractivity contribution in [1.29, 1.82) is 0 Å². The molecule has 0 unspecified atom stereocenters. The fourth-order valence-corrected chi connectivity index (χ4v) is 2.64. The molecule has 1 aliphatic rings. The molecule has 0 heterocycles. The van der Waals surface area contributed by atoms with Gasteiger partial charge >= 0.3 is 11.9 Å².